The van der Waals surface area contributed by atoms with Crippen molar-refractivity contribution in [1.82, 2.24) is 5.32 Å². The summed E-state index contributed by atoms with van der Waals surface area (Å²) in [5, 5.41) is 3.59. The number of hydrogen-bond acceptors (Lipinski definition) is 1. The Hall–Kier alpha value is -0.890. The molecule has 2 heteroatoms. The SMILES string of the molecule is CCCC(C)CC(CNCC(C)C)Cc1ccc(F)cc1. The number of halogens is 1. The summed E-state index contributed by atoms with van der Waals surface area (Å²) in [6.07, 6.45) is 4.84. The van der Waals surface area contributed by atoms with Gasteiger partial charge in [0.25, 0.3) is 0 Å². The summed E-state index contributed by atoms with van der Waals surface area (Å²) in [6, 6.07) is 7.00. The van der Waals surface area contributed by atoms with E-state index in [0.717, 1.165) is 25.4 Å². The zero-order chi connectivity index (χ0) is 15.7. The first-order valence-corrected chi connectivity index (χ1v) is 8.46. The molecule has 2 unspecified atom stereocenters. The smallest absolute Gasteiger partial charge is 0.123 e. The molecule has 1 aromatic carbocycles. The quantitative estimate of drug-likeness (QED) is 0.636. The van der Waals surface area contributed by atoms with Crippen molar-refractivity contribution >= 4 is 0 Å². The van der Waals surface area contributed by atoms with E-state index in [-0.39, 0.29) is 5.82 Å². The average Bonchev–Trinajstić information content (AvgIpc) is 2.41. The van der Waals surface area contributed by atoms with Crippen LogP contribution in [0.15, 0.2) is 24.3 Å². The molecule has 0 aromatic heterocycles. The largest absolute Gasteiger partial charge is 0.316 e. The fourth-order valence-corrected chi connectivity index (χ4v) is 2.95. The molecule has 1 rings (SSSR count). The van der Waals surface area contributed by atoms with Gasteiger partial charge in [-0.1, -0.05) is 52.7 Å². The summed E-state index contributed by atoms with van der Waals surface area (Å²) in [6.45, 7) is 11.2. The van der Waals surface area contributed by atoms with Crippen molar-refractivity contribution < 1.29 is 4.39 Å². The van der Waals surface area contributed by atoms with Crippen molar-refractivity contribution in [2.75, 3.05) is 13.1 Å². The Morgan fingerprint density at radius 2 is 1.71 bits per heavy atom. The first kappa shape index (κ1) is 18.2. The predicted octanol–water partition coefficient (Wildman–Crippen LogP) is 5.06. The van der Waals surface area contributed by atoms with Crippen LogP contribution in [0.5, 0.6) is 0 Å². The molecule has 120 valence electrons. The van der Waals surface area contributed by atoms with Crippen molar-refractivity contribution in [2.24, 2.45) is 17.8 Å². The van der Waals surface area contributed by atoms with Crippen LogP contribution >= 0.6 is 0 Å². The Balaban J connectivity index is 2.55. The van der Waals surface area contributed by atoms with Gasteiger partial charge in [-0.15, -0.1) is 0 Å². The van der Waals surface area contributed by atoms with Gasteiger partial charge in [0.15, 0.2) is 0 Å². The summed E-state index contributed by atoms with van der Waals surface area (Å²) in [7, 11) is 0. The summed E-state index contributed by atoms with van der Waals surface area (Å²) in [4.78, 5) is 0. The molecule has 0 bridgehead atoms. The summed E-state index contributed by atoms with van der Waals surface area (Å²) < 4.78 is 13.0. The molecule has 0 radical (unpaired) electrons. The van der Waals surface area contributed by atoms with Crippen LogP contribution < -0.4 is 5.32 Å². The van der Waals surface area contributed by atoms with Crippen LogP contribution in [-0.4, -0.2) is 13.1 Å². The van der Waals surface area contributed by atoms with Crippen LogP contribution in [0.4, 0.5) is 4.39 Å². The molecule has 0 heterocycles. The van der Waals surface area contributed by atoms with Crippen LogP contribution in [0.1, 0.15) is 52.5 Å². The van der Waals surface area contributed by atoms with Crippen molar-refractivity contribution in [3.8, 4) is 0 Å². The predicted molar refractivity (Wildman–Crippen MR) is 90.0 cm³/mol. The molecule has 0 fully saturated rings. The molecule has 1 aromatic rings. The molecular weight excluding hydrogens is 261 g/mol. The summed E-state index contributed by atoms with van der Waals surface area (Å²) >= 11 is 0. The fraction of sp³-hybridized carbons (Fsp3) is 0.684. The second-order valence-corrected chi connectivity index (χ2v) is 6.88. The van der Waals surface area contributed by atoms with Gasteiger partial charge in [0, 0.05) is 0 Å². The van der Waals surface area contributed by atoms with E-state index in [1.54, 1.807) is 12.1 Å². The highest BCUT2D eigenvalue weighted by atomic mass is 19.1. The van der Waals surface area contributed by atoms with Crippen LogP contribution in [-0.2, 0) is 6.42 Å². The Labute approximate surface area is 130 Å². The second-order valence-electron chi connectivity index (χ2n) is 6.88. The Morgan fingerprint density at radius 1 is 1.05 bits per heavy atom. The van der Waals surface area contributed by atoms with Gasteiger partial charge < -0.3 is 5.32 Å². The third-order valence-corrected chi connectivity index (χ3v) is 3.94. The molecule has 0 spiro atoms. The van der Waals surface area contributed by atoms with E-state index in [1.165, 1.54) is 24.8 Å². The minimum atomic E-state index is -0.146. The molecule has 2 atom stereocenters. The number of benzene rings is 1. The second kappa shape index (κ2) is 9.94. The highest BCUT2D eigenvalue weighted by molar-refractivity contribution is 5.16. The third-order valence-electron chi connectivity index (χ3n) is 3.94. The van der Waals surface area contributed by atoms with Gasteiger partial charge in [-0.25, -0.2) is 4.39 Å². The first-order chi connectivity index (χ1) is 10.0. The number of hydrogen-bond donors (Lipinski definition) is 1. The van der Waals surface area contributed by atoms with Crippen molar-refractivity contribution in [1.29, 1.82) is 0 Å². The summed E-state index contributed by atoms with van der Waals surface area (Å²) in [5.41, 5.74) is 1.25. The maximum atomic E-state index is 13.0. The number of nitrogens with one attached hydrogen (secondary N) is 1. The van der Waals surface area contributed by atoms with Gasteiger partial charge in [-0.05, 0) is 61.4 Å². The van der Waals surface area contributed by atoms with Gasteiger partial charge in [0.2, 0.25) is 0 Å². The lowest BCUT2D eigenvalue weighted by molar-refractivity contribution is 0.348. The average molecular weight is 293 g/mol. The van der Waals surface area contributed by atoms with E-state index < -0.39 is 0 Å². The molecule has 21 heavy (non-hydrogen) atoms. The maximum absolute atomic E-state index is 13.0. The molecule has 0 aliphatic heterocycles. The van der Waals surface area contributed by atoms with Crippen LogP contribution in [0.25, 0.3) is 0 Å². The van der Waals surface area contributed by atoms with E-state index in [9.17, 15) is 4.39 Å². The minimum absolute atomic E-state index is 0.146. The van der Waals surface area contributed by atoms with Crippen molar-refractivity contribution in [3.05, 3.63) is 35.6 Å². The topological polar surface area (TPSA) is 12.0 Å². The molecular formula is C19H32FN. The lowest BCUT2D eigenvalue weighted by Gasteiger charge is -2.22. The van der Waals surface area contributed by atoms with Crippen LogP contribution in [0.3, 0.4) is 0 Å². The zero-order valence-corrected chi connectivity index (χ0v) is 14.2. The molecule has 1 nitrogen and oxygen atoms in total. The van der Waals surface area contributed by atoms with E-state index in [1.807, 2.05) is 12.1 Å². The number of rotatable bonds is 10. The van der Waals surface area contributed by atoms with E-state index >= 15 is 0 Å². The third kappa shape index (κ3) is 8.21. The molecule has 1 N–H and O–H groups in total. The van der Waals surface area contributed by atoms with Gasteiger partial charge in [0.1, 0.15) is 5.82 Å². The molecule has 0 saturated carbocycles. The Kier molecular flexibility index (Phi) is 8.60. The van der Waals surface area contributed by atoms with Crippen LogP contribution in [0, 0.1) is 23.6 Å². The lowest BCUT2D eigenvalue weighted by atomic mass is 9.88. The molecule has 0 aliphatic carbocycles. The fourth-order valence-electron chi connectivity index (χ4n) is 2.95. The van der Waals surface area contributed by atoms with E-state index in [0.29, 0.717) is 11.8 Å². The van der Waals surface area contributed by atoms with Gasteiger partial charge in [-0.2, -0.15) is 0 Å². The van der Waals surface area contributed by atoms with Crippen molar-refractivity contribution in [3.63, 3.8) is 0 Å². The molecule has 0 aliphatic rings. The highest BCUT2D eigenvalue weighted by Crippen LogP contribution is 2.20. The van der Waals surface area contributed by atoms with E-state index in [2.05, 4.69) is 33.0 Å². The Bertz CT molecular complexity index is 372. The van der Waals surface area contributed by atoms with E-state index in [4.69, 9.17) is 0 Å². The van der Waals surface area contributed by atoms with Gasteiger partial charge >= 0.3 is 0 Å². The highest BCUT2D eigenvalue weighted by Gasteiger charge is 2.14. The zero-order valence-electron chi connectivity index (χ0n) is 14.2. The lowest BCUT2D eigenvalue weighted by Crippen LogP contribution is -2.28. The minimum Gasteiger partial charge on any atom is -0.316 e. The first-order valence-electron chi connectivity index (χ1n) is 8.46. The van der Waals surface area contributed by atoms with Gasteiger partial charge in [-0.3, -0.25) is 0 Å². The monoisotopic (exact) mass is 293 g/mol. The van der Waals surface area contributed by atoms with Gasteiger partial charge in [0.05, 0.1) is 0 Å². The maximum Gasteiger partial charge on any atom is 0.123 e. The van der Waals surface area contributed by atoms with Crippen molar-refractivity contribution in [2.45, 2.75) is 53.4 Å². The Morgan fingerprint density at radius 3 is 2.29 bits per heavy atom. The van der Waals surface area contributed by atoms with Crippen LogP contribution in [0.2, 0.25) is 0 Å². The summed E-state index contributed by atoms with van der Waals surface area (Å²) in [5.74, 6) is 1.94. The normalized spacial score (nSPS) is 14.4. The standard InChI is InChI=1S/C19H32FN/c1-5-6-16(4)11-18(14-21-13-15(2)3)12-17-7-9-19(20)10-8-17/h7-10,15-16,18,21H,5-6,11-14H2,1-4H3. The molecule has 0 amide bonds. The molecule has 0 saturated heterocycles.